The van der Waals surface area contributed by atoms with Gasteiger partial charge in [0.2, 0.25) is 5.75 Å². The Labute approximate surface area is 175 Å². The molecule has 0 bridgehead atoms. The van der Waals surface area contributed by atoms with Gasteiger partial charge in [0.25, 0.3) is 5.43 Å². The molecule has 5 heteroatoms. The lowest BCUT2D eigenvalue weighted by molar-refractivity contribution is 0.433. The van der Waals surface area contributed by atoms with Gasteiger partial charge in [-0.2, -0.15) is 5.26 Å². The van der Waals surface area contributed by atoms with Crippen LogP contribution in [0.2, 0.25) is 0 Å². The van der Waals surface area contributed by atoms with Crippen molar-refractivity contribution in [2.75, 3.05) is 0 Å². The van der Waals surface area contributed by atoms with Gasteiger partial charge in [-0.3, -0.25) is 4.79 Å². The summed E-state index contributed by atoms with van der Waals surface area (Å²) in [6.45, 7) is 2.26. The second kappa shape index (κ2) is 15.7. The normalized spacial score (nSPS) is 11.2. The van der Waals surface area contributed by atoms with E-state index in [4.69, 9.17) is 5.26 Å². The number of rotatable bonds is 16. The maximum atomic E-state index is 11.4. The van der Waals surface area contributed by atoms with Crippen LogP contribution in [0.15, 0.2) is 17.1 Å². The Kier molecular flexibility index (Phi) is 13.4. The maximum Gasteiger partial charge on any atom is 0.266 e. The van der Waals surface area contributed by atoms with E-state index in [0.717, 1.165) is 19.0 Å². The van der Waals surface area contributed by atoms with Crippen molar-refractivity contribution >= 4 is 6.20 Å². The van der Waals surface area contributed by atoms with Gasteiger partial charge >= 0.3 is 0 Å². The van der Waals surface area contributed by atoms with Crippen molar-refractivity contribution in [1.29, 1.82) is 5.26 Å². The molecule has 1 rings (SSSR count). The van der Waals surface area contributed by atoms with Gasteiger partial charge in [0.1, 0.15) is 6.07 Å². The van der Waals surface area contributed by atoms with E-state index in [9.17, 15) is 15.0 Å². The molecule has 0 amide bonds. The molecule has 0 aromatic carbocycles. The Hall–Kier alpha value is -2.22. The molecule has 0 radical (unpaired) electrons. The van der Waals surface area contributed by atoms with Crippen molar-refractivity contribution in [2.24, 2.45) is 0 Å². The zero-order valence-electron chi connectivity index (χ0n) is 18.0. The van der Waals surface area contributed by atoms with Crippen molar-refractivity contribution in [3.63, 3.8) is 0 Å². The summed E-state index contributed by atoms with van der Waals surface area (Å²) in [5.74, 6) is -1.28. The number of hydrogen-bond donors (Lipinski definition) is 2. The summed E-state index contributed by atoms with van der Waals surface area (Å²) < 4.78 is 1.29. The number of aromatic hydroxyl groups is 2. The van der Waals surface area contributed by atoms with Gasteiger partial charge in [0.05, 0.1) is 6.20 Å². The first-order chi connectivity index (χ1) is 14.1. The molecule has 0 aliphatic carbocycles. The number of pyridine rings is 1. The van der Waals surface area contributed by atoms with Crippen LogP contribution in [0.3, 0.4) is 0 Å². The van der Waals surface area contributed by atoms with E-state index in [-0.39, 0.29) is 5.69 Å². The van der Waals surface area contributed by atoms with Crippen molar-refractivity contribution < 1.29 is 10.2 Å². The van der Waals surface area contributed by atoms with Gasteiger partial charge < -0.3 is 14.8 Å². The van der Waals surface area contributed by atoms with Crippen LogP contribution in [0.4, 0.5) is 0 Å². The molecule has 0 spiro atoms. The number of aromatic nitrogens is 1. The zero-order valence-corrected chi connectivity index (χ0v) is 18.0. The van der Waals surface area contributed by atoms with Gasteiger partial charge in [0, 0.05) is 6.20 Å². The molecule has 29 heavy (non-hydrogen) atoms. The third kappa shape index (κ3) is 10.2. The highest BCUT2D eigenvalue weighted by molar-refractivity contribution is 5.46. The quantitative estimate of drug-likeness (QED) is 0.310. The summed E-state index contributed by atoms with van der Waals surface area (Å²) in [6, 6.07) is 1.79. The lowest BCUT2D eigenvalue weighted by Gasteiger charge is -2.05. The minimum Gasteiger partial charge on any atom is -0.503 e. The first-order valence-electron chi connectivity index (χ1n) is 11.4. The van der Waals surface area contributed by atoms with Crippen molar-refractivity contribution in [3.8, 4) is 17.6 Å². The monoisotopic (exact) mass is 402 g/mol. The maximum absolute atomic E-state index is 11.4. The third-order valence-electron chi connectivity index (χ3n) is 5.29. The number of nitrogens with zero attached hydrogens (tertiary/aromatic N) is 2. The molecule has 0 unspecified atom stereocenters. The predicted octanol–water partition coefficient (Wildman–Crippen LogP) is 6.47. The van der Waals surface area contributed by atoms with Gasteiger partial charge in [-0.1, -0.05) is 96.5 Å². The van der Waals surface area contributed by atoms with Gasteiger partial charge in [0.15, 0.2) is 11.4 Å². The van der Waals surface area contributed by atoms with Crippen molar-refractivity contribution in [2.45, 2.75) is 103 Å². The summed E-state index contributed by atoms with van der Waals surface area (Å²) in [5.41, 5.74) is -1.08. The lowest BCUT2D eigenvalue weighted by atomic mass is 10.0. The standard InChI is InChI=1S/C24H38N2O3/c1-2-3-4-5-6-7-8-9-10-11-12-13-14-15-16-17-18-26-20-22(27)24(29)23(28)21(26)19-25/h17-18,20,27-28H,2-16H2,1H3. The van der Waals surface area contributed by atoms with Crippen LogP contribution in [-0.4, -0.2) is 14.8 Å². The Morgan fingerprint density at radius 1 is 0.897 bits per heavy atom. The van der Waals surface area contributed by atoms with Crippen molar-refractivity contribution in [3.05, 3.63) is 28.2 Å². The van der Waals surface area contributed by atoms with Crippen LogP contribution in [0.1, 0.15) is 109 Å². The fraction of sp³-hybridized carbons (Fsp3) is 0.667. The van der Waals surface area contributed by atoms with Crippen LogP contribution >= 0.6 is 0 Å². The average Bonchev–Trinajstić information content (AvgIpc) is 2.72. The summed E-state index contributed by atoms with van der Waals surface area (Å²) >= 11 is 0. The highest BCUT2D eigenvalue weighted by atomic mass is 16.3. The largest absolute Gasteiger partial charge is 0.503 e. The Morgan fingerprint density at radius 2 is 1.38 bits per heavy atom. The number of hydrogen-bond acceptors (Lipinski definition) is 4. The molecule has 1 heterocycles. The molecule has 0 aliphatic heterocycles. The summed E-state index contributed by atoms with van der Waals surface area (Å²) in [7, 11) is 0. The highest BCUT2D eigenvalue weighted by Crippen LogP contribution is 2.17. The molecule has 1 aromatic heterocycles. The second-order valence-corrected chi connectivity index (χ2v) is 7.83. The molecule has 2 N–H and O–H groups in total. The Bertz CT molecular complexity index is 701. The highest BCUT2D eigenvalue weighted by Gasteiger charge is 2.12. The zero-order chi connectivity index (χ0) is 21.3. The van der Waals surface area contributed by atoms with E-state index in [2.05, 4.69) is 6.92 Å². The first-order valence-corrected chi connectivity index (χ1v) is 11.4. The van der Waals surface area contributed by atoms with E-state index in [1.54, 1.807) is 12.3 Å². The van der Waals surface area contributed by atoms with Crippen LogP contribution in [0.25, 0.3) is 6.20 Å². The molecule has 0 saturated heterocycles. The smallest absolute Gasteiger partial charge is 0.266 e. The number of unbranched alkanes of at least 4 members (excludes halogenated alkanes) is 14. The Balaban J connectivity index is 2.05. The molecular formula is C24H38N2O3. The molecular weight excluding hydrogens is 364 g/mol. The van der Waals surface area contributed by atoms with Crippen LogP contribution in [0, 0.1) is 11.3 Å². The van der Waals surface area contributed by atoms with Gasteiger partial charge in [-0.25, -0.2) is 0 Å². The molecule has 5 nitrogen and oxygen atoms in total. The summed E-state index contributed by atoms with van der Waals surface area (Å²) in [6.07, 6.45) is 24.1. The summed E-state index contributed by atoms with van der Waals surface area (Å²) in [5, 5.41) is 28.2. The van der Waals surface area contributed by atoms with E-state index in [1.165, 1.54) is 88.0 Å². The van der Waals surface area contributed by atoms with Crippen LogP contribution in [-0.2, 0) is 0 Å². The molecule has 0 saturated carbocycles. The number of allylic oxidation sites excluding steroid dienone is 1. The van der Waals surface area contributed by atoms with Crippen LogP contribution in [0.5, 0.6) is 11.5 Å². The molecule has 0 fully saturated rings. The second-order valence-electron chi connectivity index (χ2n) is 7.83. The van der Waals surface area contributed by atoms with E-state index in [0.29, 0.717) is 0 Å². The van der Waals surface area contributed by atoms with E-state index in [1.807, 2.05) is 6.08 Å². The number of nitriles is 1. The summed E-state index contributed by atoms with van der Waals surface area (Å²) in [4.78, 5) is 11.4. The Morgan fingerprint density at radius 3 is 1.86 bits per heavy atom. The fourth-order valence-electron chi connectivity index (χ4n) is 3.48. The topological polar surface area (TPSA) is 86.2 Å². The minimum absolute atomic E-state index is 0.162. The van der Waals surface area contributed by atoms with E-state index < -0.39 is 16.9 Å². The van der Waals surface area contributed by atoms with Gasteiger partial charge in [-0.05, 0) is 12.8 Å². The SMILES string of the molecule is CCCCCCCCCCCCCCCCC=Cn1cc(O)c(=O)c(O)c1C#N. The molecule has 162 valence electrons. The molecule has 1 aromatic rings. The first kappa shape index (κ1) is 24.8. The molecule has 0 aliphatic rings. The predicted molar refractivity (Wildman–Crippen MR) is 119 cm³/mol. The van der Waals surface area contributed by atoms with E-state index >= 15 is 0 Å². The fourth-order valence-corrected chi connectivity index (χ4v) is 3.48. The lowest BCUT2D eigenvalue weighted by Crippen LogP contribution is -2.08. The average molecular weight is 403 g/mol. The minimum atomic E-state index is -0.918. The van der Waals surface area contributed by atoms with Crippen molar-refractivity contribution in [1.82, 2.24) is 4.57 Å². The molecule has 0 atom stereocenters. The third-order valence-corrected chi connectivity index (χ3v) is 5.29. The van der Waals surface area contributed by atoms with Crippen LogP contribution < -0.4 is 5.43 Å². The van der Waals surface area contributed by atoms with Gasteiger partial charge in [-0.15, -0.1) is 0 Å².